The average Bonchev–Trinajstić information content (AvgIpc) is 2.08. The Morgan fingerprint density at radius 3 is 2.71 bits per heavy atom. The van der Waals surface area contributed by atoms with Crippen LogP contribution in [0.15, 0.2) is 6.07 Å². The Labute approximate surface area is 93.0 Å². The molecule has 78 valence electrons. The summed E-state index contributed by atoms with van der Waals surface area (Å²) >= 11 is 11.6. The molecule has 0 aliphatic heterocycles. The summed E-state index contributed by atoms with van der Waals surface area (Å²) in [6.45, 7) is 2.60. The Hall–Kier alpha value is -0.580. The summed E-state index contributed by atoms with van der Waals surface area (Å²) in [5.74, 6) is 0. The summed E-state index contributed by atoms with van der Waals surface area (Å²) in [4.78, 5) is 1.90. The van der Waals surface area contributed by atoms with E-state index >= 15 is 0 Å². The van der Waals surface area contributed by atoms with Crippen molar-refractivity contribution in [3.05, 3.63) is 16.4 Å². The zero-order chi connectivity index (χ0) is 10.7. The Balaban J connectivity index is 2.88. The van der Waals surface area contributed by atoms with E-state index in [0.717, 1.165) is 5.69 Å². The molecule has 1 atom stereocenters. The average molecular weight is 235 g/mol. The zero-order valence-corrected chi connectivity index (χ0v) is 9.55. The quantitative estimate of drug-likeness (QED) is 0.863. The summed E-state index contributed by atoms with van der Waals surface area (Å²) < 4.78 is 0. The van der Waals surface area contributed by atoms with Gasteiger partial charge in [0.25, 0.3) is 0 Å². The molecule has 0 fully saturated rings. The van der Waals surface area contributed by atoms with Gasteiger partial charge in [0.05, 0.1) is 5.69 Å². The number of hydrogen-bond donors (Lipinski definition) is 1. The van der Waals surface area contributed by atoms with Crippen molar-refractivity contribution in [3.8, 4) is 0 Å². The molecule has 0 saturated carbocycles. The standard InChI is InChI=1S/C8H12Cl2N4/c1-5(11)4-14(2)6-3-7(9)12-13-8(6)10/h3,5H,4,11H2,1-2H3. The second-order valence-corrected chi connectivity index (χ2v) is 3.95. The van der Waals surface area contributed by atoms with Gasteiger partial charge >= 0.3 is 0 Å². The molecule has 0 spiro atoms. The fourth-order valence-electron chi connectivity index (χ4n) is 1.14. The van der Waals surface area contributed by atoms with E-state index in [4.69, 9.17) is 28.9 Å². The van der Waals surface area contributed by atoms with Crippen LogP contribution in [-0.2, 0) is 0 Å². The Bertz CT molecular complexity index is 316. The first-order valence-corrected chi connectivity index (χ1v) is 4.91. The van der Waals surface area contributed by atoms with Crippen molar-refractivity contribution >= 4 is 28.9 Å². The van der Waals surface area contributed by atoms with Crippen LogP contribution in [0.1, 0.15) is 6.92 Å². The number of anilines is 1. The molecular formula is C8H12Cl2N4. The third-order valence-corrected chi connectivity index (χ3v) is 2.13. The van der Waals surface area contributed by atoms with Gasteiger partial charge < -0.3 is 10.6 Å². The maximum Gasteiger partial charge on any atom is 0.175 e. The predicted octanol–water partition coefficient (Wildman–Crippen LogP) is 1.57. The van der Waals surface area contributed by atoms with Crippen LogP contribution in [0.5, 0.6) is 0 Å². The van der Waals surface area contributed by atoms with Gasteiger partial charge in [0.1, 0.15) is 0 Å². The topological polar surface area (TPSA) is 55.0 Å². The number of likely N-dealkylation sites (N-methyl/N-ethyl adjacent to an activating group) is 1. The number of hydrogen-bond acceptors (Lipinski definition) is 4. The molecule has 1 aromatic heterocycles. The molecule has 14 heavy (non-hydrogen) atoms. The van der Waals surface area contributed by atoms with E-state index < -0.39 is 0 Å². The molecule has 1 aromatic rings. The Kier molecular flexibility index (Phi) is 3.92. The summed E-state index contributed by atoms with van der Waals surface area (Å²) in [5.41, 5.74) is 6.40. The van der Waals surface area contributed by atoms with Crippen molar-refractivity contribution in [1.82, 2.24) is 10.2 Å². The molecular weight excluding hydrogens is 223 g/mol. The van der Waals surface area contributed by atoms with Gasteiger partial charge in [0.15, 0.2) is 10.3 Å². The van der Waals surface area contributed by atoms with Gasteiger partial charge in [-0.3, -0.25) is 0 Å². The van der Waals surface area contributed by atoms with Crippen molar-refractivity contribution in [2.24, 2.45) is 5.73 Å². The second kappa shape index (κ2) is 4.77. The van der Waals surface area contributed by atoms with Gasteiger partial charge in [-0.2, -0.15) is 0 Å². The monoisotopic (exact) mass is 234 g/mol. The first-order chi connectivity index (χ1) is 6.50. The summed E-state index contributed by atoms with van der Waals surface area (Å²) in [7, 11) is 1.88. The second-order valence-electron chi connectivity index (χ2n) is 3.20. The molecule has 0 radical (unpaired) electrons. The number of nitrogens with zero attached hydrogens (tertiary/aromatic N) is 3. The van der Waals surface area contributed by atoms with Gasteiger partial charge in [-0.15, -0.1) is 10.2 Å². The lowest BCUT2D eigenvalue weighted by Gasteiger charge is -2.21. The van der Waals surface area contributed by atoms with Crippen LogP contribution in [0.2, 0.25) is 10.3 Å². The van der Waals surface area contributed by atoms with Gasteiger partial charge in [0.2, 0.25) is 0 Å². The highest BCUT2D eigenvalue weighted by Gasteiger charge is 2.10. The largest absolute Gasteiger partial charge is 0.370 e. The smallest absolute Gasteiger partial charge is 0.175 e. The molecule has 0 saturated heterocycles. The van der Waals surface area contributed by atoms with Crippen molar-refractivity contribution in [2.75, 3.05) is 18.5 Å². The molecule has 0 aromatic carbocycles. The molecule has 0 bridgehead atoms. The van der Waals surface area contributed by atoms with Crippen molar-refractivity contribution in [2.45, 2.75) is 13.0 Å². The highest BCUT2D eigenvalue weighted by molar-refractivity contribution is 6.33. The highest BCUT2D eigenvalue weighted by atomic mass is 35.5. The van der Waals surface area contributed by atoms with Crippen molar-refractivity contribution in [3.63, 3.8) is 0 Å². The first kappa shape index (κ1) is 11.5. The number of halogens is 2. The van der Waals surface area contributed by atoms with E-state index in [1.165, 1.54) is 0 Å². The minimum Gasteiger partial charge on any atom is -0.370 e. The summed E-state index contributed by atoms with van der Waals surface area (Å²) in [6.07, 6.45) is 0. The molecule has 0 aliphatic rings. The molecule has 1 heterocycles. The number of rotatable bonds is 3. The van der Waals surface area contributed by atoms with E-state index in [0.29, 0.717) is 16.9 Å². The molecule has 0 amide bonds. The van der Waals surface area contributed by atoms with Crippen LogP contribution in [0, 0.1) is 0 Å². The van der Waals surface area contributed by atoms with Crippen LogP contribution in [0.4, 0.5) is 5.69 Å². The summed E-state index contributed by atoms with van der Waals surface area (Å²) in [5, 5.41) is 7.99. The first-order valence-electron chi connectivity index (χ1n) is 4.16. The van der Waals surface area contributed by atoms with Gasteiger partial charge in [-0.05, 0) is 6.92 Å². The lowest BCUT2D eigenvalue weighted by Crippen LogP contribution is -2.33. The molecule has 6 heteroatoms. The van der Waals surface area contributed by atoms with Crippen LogP contribution < -0.4 is 10.6 Å². The third kappa shape index (κ3) is 2.97. The van der Waals surface area contributed by atoms with Crippen LogP contribution in [-0.4, -0.2) is 29.8 Å². The fourth-order valence-corrected chi connectivity index (χ4v) is 1.52. The number of aromatic nitrogens is 2. The van der Waals surface area contributed by atoms with E-state index in [2.05, 4.69) is 10.2 Å². The van der Waals surface area contributed by atoms with Gasteiger partial charge in [-0.25, -0.2) is 0 Å². The van der Waals surface area contributed by atoms with E-state index in [9.17, 15) is 0 Å². The van der Waals surface area contributed by atoms with Crippen LogP contribution >= 0.6 is 23.2 Å². The lowest BCUT2D eigenvalue weighted by atomic mass is 10.3. The van der Waals surface area contributed by atoms with Gasteiger partial charge in [0, 0.05) is 25.7 Å². The maximum absolute atomic E-state index is 5.86. The molecule has 4 nitrogen and oxygen atoms in total. The molecule has 1 rings (SSSR count). The molecule has 1 unspecified atom stereocenters. The normalized spacial score (nSPS) is 12.6. The summed E-state index contributed by atoms with van der Waals surface area (Å²) in [6, 6.07) is 1.72. The van der Waals surface area contributed by atoms with Crippen LogP contribution in [0.25, 0.3) is 0 Å². The molecule has 2 N–H and O–H groups in total. The van der Waals surface area contributed by atoms with E-state index in [1.807, 2.05) is 18.9 Å². The van der Waals surface area contributed by atoms with Gasteiger partial charge in [-0.1, -0.05) is 23.2 Å². The maximum atomic E-state index is 5.86. The highest BCUT2D eigenvalue weighted by Crippen LogP contribution is 2.23. The zero-order valence-electron chi connectivity index (χ0n) is 8.04. The Morgan fingerprint density at radius 2 is 2.14 bits per heavy atom. The Morgan fingerprint density at radius 1 is 1.50 bits per heavy atom. The van der Waals surface area contributed by atoms with Crippen LogP contribution in [0.3, 0.4) is 0 Å². The minimum atomic E-state index is 0.0583. The molecule has 0 aliphatic carbocycles. The van der Waals surface area contributed by atoms with E-state index in [1.54, 1.807) is 6.07 Å². The van der Waals surface area contributed by atoms with Crippen molar-refractivity contribution < 1.29 is 0 Å². The lowest BCUT2D eigenvalue weighted by molar-refractivity contribution is 0.716. The minimum absolute atomic E-state index is 0.0583. The number of nitrogens with two attached hydrogens (primary N) is 1. The predicted molar refractivity (Wildman–Crippen MR) is 59.0 cm³/mol. The van der Waals surface area contributed by atoms with Crippen molar-refractivity contribution in [1.29, 1.82) is 0 Å². The third-order valence-electron chi connectivity index (χ3n) is 1.67. The fraction of sp³-hybridized carbons (Fsp3) is 0.500. The van der Waals surface area contributed by atoms with E-state index in [-0.39, 0.29) is 6.04 Å². The SMILES string of the molecule is CC(N)CN(C)c1cc(Cl)nnc1Cl.